The van der Waals surface area contributed by atoms with Gasteiger partial charge in [-0.1, -0.05) is 0 Å². The molecule has 3 aromatic rings. The summed E-state index contributed by atoms with van der Waals surface area (Å²) >= 11 is 0. The first-order chi connectivity index (χ1) is 13.3. The number of aromatic nitrogens is 1. The first-order valence-corrected chi connectivity index (χ1v) is 8.51. The number of methoxy groups -OCH3 is 2. The van der Waals surface area contributed by atoms with E-state index in [0.717, 1.165) is 6.07 Å². The lowest BCUT2D eigenvalue weighted by molar-refractivity contribution is 0.191. The Kier molecular flexibility index (Phi) is 5.37. The zero-order chi connectivity index (χ0) is 20.4. The highest BCUT2D eigenvalue weighted by Crippen LogP contribution is 2.36. The fourth-order valence-corrected chi connectivity index (χ4v) is 2.98. The molecule has 7 heteroatoms. The van der Waals surface area contributed by atoms with Crippen LogP contribution in [0.2, 0.25) is 0 Å². The number of hydrogen-bond donors (Lipinski definition) is 2. The van der Waals surface area contributed by atoms with Crippen molar-refractivity contribution in [2.24, 2.45) is 0 Å². The number of aliphatic hydroxyl groups excluding tert-OH is 1. The molecule has 0 fully saturated rings. The highest BCUT2D eigenvalue weighted by Gasteiger charge is 2.16. The second-order valence-electron chi connectivity index (χ2n) is 6.22. The van der Waals surface area contributed by atoms with Crippen molar-refractivity contribution in [1.82, 2.24) is 4.57 Å². The summed E-state index contributed by atoms with van der Waals surface area (Å²) in [6.07, 6.45) is 0.255. The van der Waals surface area contributed by atoms with Crippen LogP contribution in [0.5, 0.6) is 17.2 Å². The summed E-state index contributed by atoms with van der Waals surface area (Å²) in [7, 11) is 2.96. The molecule has 0 amide bonds. The number of aromatic hydroxyl groups is 1. The second kappa shape index (κ2) is 7.74. The van der Waals surface area contributed by atoms with E-state index in [-0.39, 0.29) is 11.3 Å². The Hall–Kier alpha value is -3.32. The van der Waals surface area contributed by atoms with Gasteiger partial charge in [0.15, 0.2) is 5.75 Å². The zero-order valence-corrected chi connectivity index (χ0v) is 15.6. The van der Waals surface area contributed by atoms with Crippen LogP contribution in [0.4, 0.5) is 4.39 Å². The zero-order valence-electron chi connectivity index (χ0n) is 15.6. The first-order valence-electron chi connectivity index (χ1n) is 8.51. The van der Waals surface area contributed by atoms with E-state index in [4.69, 9.17) is 9.47 Å². The Bertz CT molecular complexity index is 1070. The van der Waals surface area contributed by atoms with Crippen molar-refractivity contribution >= 4 is 0 Å². The smallest absolute Gasteiger partial charge is 0.223 e. The summed E-state index contributed by atoms with van der Waals surface area (Å²) in [5.74, 6) is -0.0154. The van der Waals surface area contributed by atoms with Crippen molar-refractivity contribution in [3.05, 3.63) is 70.4 Å². The fourth-order valence-electron chi connectivity index (χ4n) is 2.98. The molecule has 0 spiro atoms. The summed E-state index contributed by atoms with van der Waals surface area (Å²) < 4.78 is 26.6. The topological polar surface area (TPSA) is 80.9 Å². The van der Waals surface area contributed by atoms with Crippen LogP contribution in [0.15, 0.2) is 53.5 Å². The molecule has 0 aliphatic rings. The average Bonchev–Trinajstić information content (AvgIpc) is 2.69. The number of nitrogens with zero attached hydrogens (tertiary/aromatic N) is 1. The van der Waals surface area contributed by atoms with Gasteiger partial charge in [-0.2, -0.15) is 0 Å². The summed E-state index contributed by atoms with van der Waals surface area (Å²) in [5, 5.41) is 19.9. The lowest BCUT2D eigenvalue weighted by atomic mass is 10.0. The number of pyridine rings is 1. The molecule has 0 radical (unpaired) electrons. The fraction of sp³-hybridized carbons (Fsp3) is 0.190. The summed E-state index contributed by atoms with van der Waals surface area (Å²) in [4.78, 5) is 11.8. The third-order valence-electron chi connectivity index (χ3n) is 4.41. The number of halogens is 1. The van der Waals surface area contributed by atoms with Gasteiger partial charge in [0.1, 0.15) is 17.3 Å². The van der Waals surface area contributed by atoms with Gasteiger partial charge in [-0.05, 0) is 43.3 Å². The third kappa shape index (κ3) is 3.57. The van der Waals surface area contributed by atoms with Crippen LogP contribution < -0.4 is 14.9 Å². The largest absolute Gasteiger partial charge is 0.503 e. The second-order valence-corrected chi connectivity index (χ2v) is 6.22. The van der Waals surface area contributed by atoms with E-state index < -0.39 is 23.1 Å². The molecule has 1 atom stereocenters. The lowest BCUT2D eigenvalue weighted by Gasteiger charge is -2.18. The Balaban J connectivity index is 2.27. The van der Waals surface area contributed by atoms with Crippen LogP contribution >= 0.6 is 0 Å². The van der Waals surface area contributed by atoms with Crippen molar-refractivity contribution in [2.45, 2.75) is 13.0 Å². The van der Waals surface area contributed by atoms with Gasteiger partial charge in [-0.25, -0.2) is 4.39 Å². The Labute approximate surface area is 161 Å². The average molecular weight is 385 g/mol. The minimum absolute atomic E-state index is 0.266. The predicted molar refractivity (Wildman–Crippen MR) is 103 cm³/mol. The molecule has 0 saturated heterocycles. The molecule has 2 N–H and O–H groups in total. The monoisotopic (exact) mass is 385 g/mol. The maximum Gasteiger partial charge on any atom is 0.223 e. The minimum Gasteiger partial charge on any atom is -0.503 e. The van der Waals surface area contributed by atoms with Gasteiger partial charge in [0.05, 0.1) is 32.2 Å². The van der Waals surface area contributed by atoms with E-state index in [1.165, 1.54) is 44.0 Å². The van der Waals surface area contributed by atoms with Crippen molar-refractivity contribution in [3.63, 3.8) is 0 Å². The van der Waals surface area contributed by atoms with Gasteiger partial charge in [0, 0.05) is 22.9 Å². The SMILES string of the molecule is COc1ccc(F)c(-c2cc(-n3cc(O)c(=O)cc3C(C)O)ccc2OC)c1. The number of ether oxygens (including phenoxy) is 2. The number of rotatable bonds is 5. The van der Waals surface area contributed by atoms with Gasteiger partial charge in [0.25, 0.3) is 0 Å². The standard InChI is InChI=1S/C21H20FNO5/c1-12(24)18-10-19(25)20(26)11-23(18)13-4-7-21(28-3)16(8-13)15-9-14(27-2)5-6-17(15)22/h4-12,24,26H,1-3H3. The summed E-state index contributed by atoms with van der Waals surface area (Å²) in [5.41, 5.74) is 0.905. The van der Waals surface area contributed by atoms with Gasteiger partial charge < -0.3 is 24.3 Å². The molecule has 146 valence electrons. The number of benzene rings is 2. The molecular weight excluding hydrogens is 365 g/mol. The Morgan fingerprint density at radius 2 is 1.79 bits per heavy atom. The molecule has 6 nitrogen and oxygen atoms in total. The number of hydrogen-bond acceptors (Lipinski definition) is 5. The predicted octanol–water partition coefficient (Wildman–Crippen LogP) is 3.42. The van der Waals surface area contributed by atoms with Crippen LogP contribution in [0, 0.1) is 5.82 Å². The maximum atomic E-state index is 14.5. The molecule has 0 saturated carbocycles. The molecular formula is C21H20FNO5. The lowest BCUT2D eigenvalue weighted by Crippen LogP contribution is -2.13. The van der Waals surface area contributed by atoms with Crippen molar-refractivity contribution in [2.75, 3.05) is 14.2 Å². The first kappa shape index (κ1) is 19.4. The van der Waals surface area contributed by atoms with Crippen LogP contribution in [-0.2, 0) is 0 Å². The van der Waals surface area contributed by atoms with E-state index in [2.05, 4.69) is 0 Å². The molecule has 2 aromatic carbocycles. The number of aliphatic hydroxyl groups is 1. The molecule has 3 rings (SSSR count). The van der Waals surface area contributed by atoms with E-state index in [9.17, 15) is 19.4 Å². The normalized spacial score (nSPS) is 11.9. The Morgan fingerprint density at radius 1 is 1.04 bits per heavy atom. The minimum atomic E-state index is -0.965. The third-order valence-corrected chi connectivity index (χ3v) is 4.41. The molecule has 1 heterocycles. The highest BCUT2D eigenvalue weighted by atomic mass is 19.1. The van der Waals surface area contributed by atoms with Crippen LogP contribution in [0.1, 0.15) is 18.7 Å². The molecule has 28 heavy (non-hydrogen) atoms. The van der Waals surface area contributed by atoms with E-state index in [1.54, 1.807) is 24.3 Å². The van der Waals surface area contributed by atoms with E-state index in [1.807, 2.05) is 0 Å². The van der Waals surface area contributed by atoms with Crippen LogP contribution in [0.25, 0.3) is 16.8 Å². The summed E-state index contributed by atoms with van der Waals surface area (Å²) in [6.45, 7) is 1.51. The van der Waals surface area contributed by atoms with E-state index in [0.29, 0.717) is 22.7 Å². The maximum absolute atomic E-state index is 14.5. The van der Waals surface area contributed by atoms with Gasteiger partial charge in [-0.15, -0.1) is 0 Å². The van der Waals surface area contributed by atoms with Gasteiger partial charge in [0.2, 0.25) is 5.43 Å². The Morgan fingerprint density at radius 3 is 2.43 bits per heavy atom. The van der Waals surface area contributed by atoms with Gasteiger partial charge >= 0.3 is 0 Å². The van der Waals surface area contributed by atoms with E-state index >= 15 is 0 Å². The van der Waals surface area contributed by atoms with Crippen molar-refractivity contribution in [1.29, 1.82) is 0 Å². The molecule has 0 aliphatic carbocycles. The quantitative estimate of drug-likeness (QED) is 0.703. The molecule has 0 aliphatic heterocycles. The highest BCUT2D eigenvalue weighted by molar-refractivity contribution is 5.74. The van der Waals surface area contributed by atoms with Crippen LogP contribution in [-0.4, -0.2) is 29.0 Å². The van der Waals surface area contributed by atoms with Crippen molar-refractivity contribution < 1.29 is 24.1 Å². The van der Waals surface area contributed by atoms with Crippen molar-refractivity contribution in [3.8, 4) is 34.1 Å². The molecule has 0 bridgehead atoms. The summed E-state index contributed by atoms with van der Waals surface area (Å²) in [6, 6.07) is 10.5. The molecule has 1 unspecified atom stereocenters. The van der Waals surface area contributed by atoms with Crippen LogP contribution in [0.3, 0.4) is 0 Å². The molecule has 1 aromatic heterocycles. The van der Waals surface area contributed by atoms with Gasteiger partial charge in [-0.3, -0.25) is 4.79 Å².